The highest BCUT2D eigenvalue weighted by Gasteiger charge is 2.19. The third-order valence-corrected chi connectivity index (χ3v) is 6.75. The minimum absolute atomic E-state index is 0.203. The maximum absolute atomic E-state index is 12.6. The van der Waals surface area contributed by atoms with E-state index >= 15 is 0 Å². The third kappa shape index (κ3) is 4.13. The number of hydrogen-bond acceptors (Lipinski definition) is 2. The van der Waals surface area contributed by atoms with E-state index in [-0.39, 0.29) is 5.91 Å². The number of nitrogens with zero attached hydrogens (tertiary/aromatic N) is 2. The summed E-state index contributed by atoms with van der Waals surface area (Å²) in [7, 11) is 0. The van der Waals surface area contributed by atoms with E-state index < -0.39 is 0 Å². The fraction of sp³-hybridized carbons (Fsp3) is 0.286. The summed E-state index contributed by atoms with van der Waals surface area (Å²) in [5, 5.41) is 2.33. The van der Waals surface area contributed by atoms with Crippen LogP contribution in [0.4, 0.5) is 0 Å². The van der Waals surface area contributed by atoms with Gasteiger partial charge in [-0.3, -0.25) is 4.79 Å². The van der Waals surface area contributed by atoms with Gasteiger partial charge in [-0.2, -0.15) is 0 Å². The molecule has 1 aliphatic heterocycles. The minimum atomic E-state index is 0.203. The number of amides is 1. The quantitative estimate of drug-likeness (QED) is 0.484. The van der Waals surface area contributed by atoms with Crippen LogP contribution in [0.1, 0.15) is 18.4 Å². The molecule has 0 unspecified atom stereocenters. The molecular weight excluding hydrogens is 399 g/mol. The number of hydrogen-bond donors (Lipinski definition) is 0. The maximum Gasteiger partial charge on any atom is 0.242 e. The van der Waals surface area contributed by atoms with Crippen molar-refractivity contribution in [1.29, 1.82) is 0 Å². The van der Waals surface area contributed by atoms with Crippen LogP contribution in [0.2, 0.25) is 10.0 Å². The molecule has 140 valence electrons. The van der Waals surface area contributed by atoms with Gasteiger partial charge in [-0.1, -0.05) is 47.5 Å². The Hall–Kier alpha value is -1.62. The Kier molecular flexibility index (Phi) is 5.67. The summed E-state index contributed by atoms with van der Waals surface area (Å²) in [5.41, 5.74) is 2.22. The van der Waals surface area contributed by atoms with Crippen LogP contribution < -0.4 is 0 Å². The van der Waals surface area contributed by atoms with E-state index in [0.29, 0.717) is 16.6 Å². The molecular formula is C21H20Cl2N2OS. The molecule has 1 fully saturated rings. The molecule has 2 aromatic carbocycles. The number of likely N-dealkylation sites (tertiary alicyclic amines) is 1. The first kappa shape index (κ1) is 18.7. The summed E-state index contributed by atoms with van der Waals surface area (Å²) in [6.07, 6.45) is 4.33. The Morgan fingerprint density at radius 3 is 2.59 bits per heavy atom. The first-order valence-corrected chi connectivity index (χ1v) is 10.8. The van der Waals surface area contributed by atoms with Crippen molar-refractivity contribution in [2.24, 2.45) is 0 Å². The van der Waals surface area contributed by atoms with E-state index in [1.165, 1.54) is 10.3 Å². The van der Waals surface area contributed by atoms with E-state index in [0.717, 1.165) is 42.8 Å². The van der Waals surface area contributed by atoms with Gasteiger partial charge in [-0.15, -0.1) is 11.8 Å². The molecule has 2 heterocycles. The molecule has 1 aliphatic rings. The lowest BCUT2D eigenvalue weighted by Crippen LogP contribution is -2.30. The smallest absolute Gasteiger partial charge is 0.242 e. The molecule has 4 rings (SSSR count). The average molecular weight is 419 g/mol. The lowest BCUT2D eigenvalue weighted by Gasteiger charge is -2.15. The summed E-state index contributed by atoms with van der Waals surface area (Å²) in [4.78, 5) is 15.7. The van der Waals surface area contributed by atoms with Crippen molar-refractivity contribution in [3.8, 4) is 0 Å². The summed E-state index contributed by atoms with van der Waals surface area (Å²) >= 11 is 13.9. The van der Waals surface area contributed by atoms with Gasteiger partial charge in [0.2, 0.25) is 5.91 Å². The Morgan fingerprint density at radius 2 is 1.81 bits per heavy atom. The molecule has 0 bridgehead atoms. The first-order chi connectivity index (χ1) is 13.1. The second kappa shape index (κ2) is 8.17. The molecule has 1 saturated heterocycles. The molecule has 1 aromatic heterocycles. The molecule has 0 N–H and O–H groups in total. The van der Waals surface area contributed by atoms with Crippen LogP contribution in [0.3, 0.4) is 0 Å². The number of para-hydroxylation sites is 1. The van der Waals surface area contributed by atoms with Gasteiger partial charge in [0.15, 0.2) is 0 Å². The van der Waals surface area contributed by atoms with E-state index in [4.69, 9.17) is 23.2 Å². The van der Waals surface area contributed by atoms with Crippen molar-refractivity contribution in [2.45, 2.75) is 30.0 Å². The monoisotopic (exact) mass is 418 g/mol. The van der Waals surface area contributed by atoms with Crippen LogP contribution in [0.5, 0.6) is 0 Å². The van der Waals surface area contributed by atoms with Crippen molar-refractivity contribution >= 4 is 51.8 Å². The lowest BCUT2D eigenvalue weighted by atomic mass is 10.2. The standard InChI is InChI=1S/C21H20Cl2N2OS/c22-17-8-7-15(11-18(17)23)14-27-20-12-25(19-6-2-1-5-16(19)20)13-21(26)24-9-3-4-10-24/h1-2,5-8,11-12H,3-4,9-10,13-14H2. The predicted molar refractivity (Wildman–Crippen MR) is 114 cm³/mol. The van der Waals surface area contributed by atoms with Crippen LogP contribution >= 0.6 is 35.0 Å². The highest BCUT2D eigenvalue weighted by Crippen LogP contribution is 2.33. The fourth-order valence-electron chi connectivity index (χ4n) is 3.46. The molecule has 0 saturated carbocycles. The van der Waals surface area contributed by atoms with E-state index in [1.54, 1.807) is 11.8 Å². The average Bonchev–Trinajstić information content (AvgIpc) is 3.32. The zero-order valence-corrected chi connectivity index (χ0v) is 17.2. The number of thioether (sulfide) groups is 1. The number of rotatable bonds is 5. The molecule has 0 radical (unpaired) electrons. The van der Waals surface area contributed by atoms with Gasteiger partial charge in [-0.25, -0.2) is 0 Å². The summed E-state index contributed by atoms with van der Waals surface area (Å²) in [6.45, 7) is 2.17. The van der Waals surface area contributed by atoms with Gasteiger partial charge in [0, 0.05) is 40.8 Å². The van der Waals surface area contributed by atoms with Crippen LogP contribution in [-0.2, 0) is 17.1 Å². The largest absolute Gasteiger partial charge is 0.341 e. The van der Waals surface area contributed by atoms with Crippen LogP contribution in [0.15, 0.2) is 53.6 Å². The van der Waals surface area contributed by atoms with Crippen molar-refractivity contribution in [2.75, 3.05) is 13.1 Å². The number of carbonyl (C=O) groups is 1. The Labute approximate surface area is 173 Å². The fourth-order valence-corrected chi connectivity index (χ4v) is 4.81. The van der Waals surface area contributed by atoms with Crippen LogP contribution in [0, 0.1) is 0 Å². The Morgan fingerprint density at radius 1 is 1.04 bits per heavy atom. The van der Waals surface area contributed by atoms with Crippen molar-refractivity contribution in [3.05, 3.63) is 64.3 Å². The molecule has 0 aliphatic carbocycles. The van der Waals surface area contributed by atoms with Gasteiger partial charge in [0.25, 0.3) is 0 Å². The third-order valence-electron chi connectivity index (χ3n) is 4.89. The normalized spacial score (nSPS) is 14.2. The van der Waals surface area contributed by atoms with Gasteiger partial charge < -0.3 is 9.47 Å². The van der Waals surface area contributed by atoms with Gasteiger partial charge >= 0.3 is 0 Å². The van der Waals surface area contributed by atoms with Crippen molar-refractivity contribution < 1.29 is 4.79 Å². The molecule has 0 spiro atoms. The van der Waals surface area contributed by atoms with Crippen molar-refractivity contribution in [3.63, 3.8) is 0 Å². The van der Waals surface area contributed by atoms with Crippen LogP contribution in [0.25, 0.3) is 10.9 Å². The topological polar surface area (TPSA) is 25.2 Å². The van der Waals surface area contributed by atoms with Gasteiger partial charge in [0.05, 0.1) is 10.0 Å². The maximum atomic E-state index is 12.6. The molecule has 3 nitrogen and oxygen atoms in total. The minimum Gasteiger partial charge on any atom is -0.341 e. The zero-order chi connectivity index (χ0) is 18.8. The second-order valence-electron chi connectivity index (χ2n) is 6.76. The highest BCUT2D eigenvalue weighted by atomic mass is 35.5. The zero-order valence-electron chi connectivity index (χ0n) is 14.8. The summed E-state index contributed by atoms with van der Waals surface area (Å²) in [5.74, 6) is 1.000. The molecule has 3 aromatic rings. The summed E-state index contributed by atoms with van der Waals surface area (Å²) in [6, 6.07) is 14.0. The predicted octanol–water partition coefficient (Wildman–Crippen LogP) is 5.86. The van der Waals surface area contributed by atoms with E-state index in [9.17, 15) is 4.79 Å². The highest BCUT2D eigenvalue weighted by molar-refractivity contribution is 7.98. The summed E-state index contributed by atoms with van der Waals surface area (Å²) < 4.78 is 2.08. The van der Waals surface area contributed by atoms with Gasteiger partial charge in [-0.05, 0) is 36.6 Å². The Bertz CT molecular complexity index is 979. The van der Waals surface area contributed by atoms with Crippen LogP contribution in [-0.4, -0.2) is 28.5 Å². The second-order valence-corrected chi connectivity index (χ2v) is 8.60. The molecule has 0 atom stereocenters. The van der Waals surface area contributed by atoms with Crippen molar-refractivity contribution in [1.82, 2.24) is 9.47 Å². The molecule has 6 heteroatoms. The Balaban J connectivity index is 1.55. The number of carbonyl (C=O) groups excluding carboxylic acids is 1. The van der Waals surface area contributed by atoms with Gasteiger partial charge in [0.1, 0.15) is 6.54 Å². The number of halogens is 2. The molecule has 1 amide bonds. The van der Waals surface area contributed by atoms with E-state index in [1.807, 2.05) is 35.2 Å². The first-order valence-electron chi connectivity index (χ1n) is 9.04. The lowest BCUT2D eigenvalue weighted by molar-refractivity contribution is -0.130. The number of aromatic nitrogens is 1. The SMILES string of the molecule is O=C(Cn1cc(SCc2ccc(Cl)c(Cl)c2)c2ccccc21)N1CCCC1. The number of fused-ring (bicyclic) bond motifs is 1. The molecule has 27 heavy (non-hydrogen) atoms. The number of benzene rings is 2. The van der Waals surface area contributed by atoms with E-state index in [2.05, 4.69) is 22.9 Å².